The molecule has 0 aliphatic carbocycles. The van der Waals surface area contributed by atoms with Crippen LogP contribution in [0.2, 0.25) is 0 Å². The fourth-order valence-corrected chi connectivity index (χ4v) is 1.87. The molecule has 8 nitrogen and oxygen atoms in total. The highest BCUT2D eigenvalue weighted by Crippen LogP contribution is 2.08. The molecule has 1 fully saturated rings. The smallest absolute Gasteiger partial charge is 0.303 e. The molecule has 134 valence electrons. The lowest BCUT2D eigenvalue weighted by molar-refractivity contribution is -0.329. The molecular weight excluding hydrogens is 306 g/mol. The van der Waals surface area contributed by atoms with Crippen LogP contribution < -0.4 is 5.48 Å². The fourth-order valence-electron chi connectivity index (χ4n) is 1.87. The molecule has 0 aromatic heterocycles. The average molecular weight is 333 g/mol. The number of hydroxylamine groups is 1. The largest absolute Gasteiger partial charge is 0.481 e. The Balaban J connectivity index is 0.000000438. The summed E-state index contributed by atoms with van der Waals surface area (Å²) in [4.78, 5) is 40.0. The number of amides is 1. The maximum Gasteiger partial charge on any atom is 0.303 e. The Bertz CT molecular complexity index is 317. The van der Waals surface area contributed by atoms with Crippen LogP contribution in [-0.2, 0) is 24.3 Å². The topological polar surface area (TPSA) is 122 Å². The third kappa shape index (κ3) is 18.3. The van der Waals surface area contributed by atoms with Crippen LogP contribution in [0.25, 0.3) is 0 Å². The molecular formula is C15H27NO7. The normalized spacial score (nSPS) is 16.8. The second-order valence-electron chi connectivity index (χ2n) is 5.30. The molecule has 0 aromatic rings. The van der Waals surface area contributed by atoms with E-state index in [0.29, 0.717) is 25.9 Å². The van der Waals surface area contributed by atoms with E-state index in [0.717, 1.165) is 19.3 Å². The summed E-state index contributed by atoms with van der Waals surface area (Å²) in [6.45, 7) is 0.556. The average Bonchev–Trinajstić information content (AvgIpc) is 2.47. The van der Waals surface area contributed by atoms with Gasteiger partial charge in [-0.1, -0.05) is 25.7 Å². The SMILES string of the molecule is O=C(O)CCCCC(=O)O.O=C1CCCCCCCCOON1. The summed E-state index contributed by atoms with van der Waals surface area (Å²) >= 11 is 0. The highest BCUT2D eigenvalue weighted by molar-refractivity contribution is 5.74. The van der Waals surface area contributed by atoms with Crippen molar-refractivity contribution in [2.75, 3.05) is 6.61 Å². The van der Waals surface area contributed by atoms with Gasteiger partial charge in [-0.2, -0.15) is 0 Å². The van der Waals surface area contributed by atoms with Crippen LogP contribution in [0.5, 0.6) is 0 Å². The van der Waals surface area contributed by atoms with Gasteiger partial charge in [0.1, 0.15) is 0 Å². The molecule has 0 radical (unpaired) electrons. The van der Waals surface area contributed by atoms with Gasteiger partial charge in [-0.15, -0.1) is 4.99 Å². The molecule has 0 saturated carbocycles. The summed E-state index contributed by atoms with van der Waals surface area (Å²) in [6, 6.07) is 0. The minimum absolute atomic E-state index is 0.0628. The minimum Gasteiger partial charge on any atom is -0.481 e. The molecule has 3 N–H and O–H groups in total. The van der Waals surface area contributed by atoms with E-state index in [4.69, 9.17) is 15.1 Å². The maximum atomic E-state index is 11.0. The number of hydrogen-bond donors (Lipinski definition) is 3. The fraction of sp³-hybridized carbons (Fsp3) is 0.800. The number of nitrogens with one attached hydrogen (secondary N) is 1. The number of unbranched alkanes of at least 4 members (excludes halogenated alkanes) is 1. The van der Waals surface area contributed by atoms with Gasteiger partial charge in [0.05, 0.1) is 6.61 Å². The molecule has 0 aromatic carbocycles. The summed E-state index contributed by atoms with van der Waals surface area (Å²) < 4.78 is 0. The van der Waals surface area contributed by atoms with Gasteiger partial charge in [0.25, 0.3) is 0 Å². The van der Waals surface area contributed by atoms with Crippen molar-refractivity contribution in [3.8, 4) is 0 Å². The molecule has 1 saturated heterocycles. The first-order chi connectivity index (χ1) is 11.0. The zero-order chi connectivity index (χ0) is 17.3. The molecule has 23 heavy (non-hydrogen) atoms. The van der Waals surface area contributed by atoms with Crippen LogP contribution in [0.4, 0.5) is 0 Å². The summed E-state index contributed by atoms with van der Waals surface area (Å²) in [7, 11) is 0. The van der Waals surface area contributed by atoms with Crippen LogP contribution in [0.1, 0.15) is 70.6 Å². The van der Waals surface area contributed by atoms with Gasteiger partial charge in [0.2, 0.25) is 5.91 Å². The van der Waals surface area contributed by atoms with Crippen molar-refractivity contribution >= 4 is 17.8 Å². The Hall–Kier alpha value is -1.67. The first-order valence-electron chi connectivity index (χ1n) is 8.03. The molecule has 1 rings (SSSR count). The molecule has 1 aliphatic rings. The van der Waals surface area contributed by atoms with Gasteiger partial charge in [-0.3, -0.25) is 14.4 Å². The second-order valence-corrected chi connectivity index (χ2v) is 5.30. The molecule has 1 amide bonds. The highest BCUT2D eigenvalue weighted by atomic mass is 17.3. The molecule has 0 atom stereocenters. The highest BCUT2D eigenvalue weighted by Gasteiger charge is 2.02. The van der Waals surface area contributed by atoms with Gasteiger partial charge in [-0.25, -0.2) is 10.4 Å². The Morgan fingerprint density at radius 1 is 0.913 bits per heavy atom. The van der Waals surface area contributed by atoms with E-state index in [1.54, 1.807) is 0 Å². The molecule has 8 heteroatoms. The van der Waals surface area contributed by atoms with Gasteiger partial charge < -0.3 is 10.2 Å². The standard InChI is InChI=1S/C9H17NO3.C6H10O4/c11-9-7-5-3-1-2-4-6-8-12-13-10-9;7-5(8)3-1-2-4-6(9)10/h1-8H2,(H,10,11);1-4H2,(H,7,8)(H,9,10). The Morgan fingerprint density at radius 2 is 1.43 bits per heavy atom. The van der Waals surface area contributed by atoms with Gasteiger partial charge >= 0.3 is 11.9 Å². The van der Waals surface area contributed by atoms with Crippen molar-refractivity contribution in [1.29, 1.82) is 0 Å². The van der Waals surface area contributed by atoms with E-state index in [2.05, 4.69) is 10.5 Å². The predicted octanol–water partition coefficient (Wildman–Crippen LogP) is 2.43. The quantitative estimate of drug-likeness (QED) is 0.521. The van der Waals surface area contributed by atoms with Gasteiger partial charge in [0.15, 0.2) is 0 Å². The minimum atomic E-state index is -0.870. The maximum absolute atomic E-state index is 11.0. The van der Waals surface area contributed by atoms with Crippen molar-refractivity contribution in [3.05, 3.63) is 0 Å². The number of hydrogen-bond acceptors (Lipinski definition) is 5. The molecule has 0 spiro atoms. The van der Waals surface area contributed by atoms with E-state index < -0.39 is 11.9 Å². The summed E-state index contributed by atoms with van der Waals surface area (Å²) in [5, 5.41) is 16.3. The number of carbonyl (C=O) groups excluding carboxylic acids is 1. The van der Waals surface area contributed by atoms with Crippen molar-refractivity contribution in [2.24, 2.45) is 0 Å². The number of aliphatic carboxylic acids is 2. The zero-order valence-electron chi connectivity index (χ0n) is 13.4. The van der Waals surface area contributed by atoms with Gasteiger partial charge in [0, 0.05) is 19.3 Å². The van der Waals surface area contributed by atoms with Crippen LogP contribution in [0.3, 0.4) is 0 Å². The molecule has 1 heterocycles. The summed E-state index contributed by atoms with van der Waals surface area (Å²) in [5.41, 5.74) is 2.24. The van der Waals surface area contributed by atoms with Crippen molar-refractivity contribution in [1.82, 2.24) is 5.48 Å². The Kier molecular flexibility index (Phi) is 14.1. The monoisotopic (exact) mass is 333 g/mol. The van der Waals surface area contributed by atoms with Crippen molar-refractivity contribution in [2.45, 2.75) is 70.6 Å². The number of rotatable bonds is 5. The van der Waals surface area contributed by atoms with E-state index in [-0.39, 0.29) is 18.7 Å². The molecule has 1 aliphatic heterocycles. The predicted molar refractivity (Wildman–Crippen MR) is 81.2 cm³/mol. The van der Waals surface area contributed by atoms with E-state index in [1.807, 2.05) is 0 Å². The Labute approximate surface area is 136 Å². The Morgan fingerprint density at radius 3 is 2.00 bits per heavy atom. The third-order valence-electron chi connectivity index (χ3n) is 3.13. The number of carboxylic acid groups (broad SMARTS) is 2. The number of carbonyl (C=O) groups is 3. The van der Waals surface area contributed by atoms with Crippen molar-refractivity contribution < 1.29 is 34.5 Å². The van der Waals surface area contributed by atoms with Crippen LogP contribution in [0, 0.1) is 0 Å². The second kappa shape index (κ2) is 15.2. The van der Waals surface area contributed by atoms with Crippen LogP contribution in [-0.4, -0.2) is 34.7 Å². The first-order valence-corrected chi connectivity index (χ1v) is 8.03. The van der Waals surface area contributed by atoms with E-state index >= 15 is 0 Å². The lowest BCUT2D eigenvalue weighted by Gasteiger charge is -2.07. The van der Waals surface area contributed by atoms with E-state index in [1.165, 1.54) is 19.3 Å². The molecule has 0 bridgehead atoms. The molecule has 0 unspecified atom stereocenters. The summed E-state index contributed by atoms with van der Waals surface area (Å²) in [5.74, 6) is -1.84. The van der Waals surface area contributed by atoms with Crippen molar-refractivity contribution in [3.63, 3.8) is 0 Å². The van der Waals surface area contributed by atoms with Crippen LogP contribution >= 0.6 is 0 Å². The first kappa shape index (κ1) is 21.3. The lowest BCUT2D eigenvalue weighted by atomic mass is 10.1. The van der Waals surface area contributed by atoms with E-state index in [9.17, 15) is 14.4 Å². The third-order valence-corrected chi connectivity index (χ3v) is 3.13. The summed E-state index contributed by atoms with van der Waals surface area (Å²) in [6.07, 6.45) is 8.24. The van der Waals surface area contributed by atoms with Gasteiger partial charge in [-0.05, 0) is 25.7 Å². The lowest BCUT2D eigenvalue weighted by Crippen LogP contribution is -2.23. The van der Waals surface area contributed by atoms with Crippen LogP contribution in [0.15, 0.2) is 0 Å². The number of carboxylic acids is 2. The zero-order valence-corrected chi connectivity index (χ0v) is 13.4.